The molecule has 4 N–H and O–H groups in total. The molecular formula is C17H27ClN4O4S. The molecule has 0 radical (unpaired) electrons. The van der Waals surface area contributed by atoms with Crippen molar-refractivity contribution in [2.75, 3.05) is 25.0 Å². The van der Waals surface area contributed by atoms with E-state index in [2.05, 4.69) is 10.0 Å². The third-order valence-electron chi connectivity index (χ3n) is 4.28. The highest BCUT2D eigenvalue weighted by Gasteiger charge is 2.31. The number of nitrogens with one attached hydrogen (secondary N) is 2. The summed E-state index contributed by atoms with van der Waals surface area (Å²) >= 11 is 0. The summed E-state index contributed by atoms with van der Waals surface area (Å²) in [5.41, 5.74) is 5.70. The molecule has 1 aliphatic heterocycles. The van der Waals surface area contributed by atoms with Crippen LogP contribution in [0, 0.1) is 0 Å². The smallest absolute Gasteiger partial charge is 0.247 e. The van der Waals surface area contributed by atoms with Crippen LogP contribution < -0.4 is 15.8 Å². The van der Waals surface area contributed by atoms with E-state index < -0.39 is 16.1 Å². The molecule has 0 aromatic heterocycles. The number of rotatable bonds is 7. The van der Waals surface area contributed by atoms with Crippen LogP contribution in [0.25, 0.3) is 0 Å². The van der Waals surface area contributed by atoms with Crippen LogP contribution in [-0.4, -0.2) is 50.8 Å². The molecule has 152 valence electrons. The van der Waals surface area contributed by atoms with Gasteiger partial charge in [-0.1, -0.05) is 13.0 Å². The van der Waals surface area contributed by atoms with Gasteiger partial charge in [0.25, 0.3) is 0 Å². The van der Waals surface area contributed by atoms with E-state index in [0.717, 1.165) is 12.8 Å². The molecule has 10 heteroatoms. The third kappa shape index (κ3) is 6.17. The monoisotopic (exact) mass is 418 g/mol. The number of hydrogen-bond acceptors (Lipinski definition) is 5. The molecule has 1 aromatic rings. The molecule has 0 spiro atoms. The summed E-state index contributed by atoms with van der Waals surface area (Å²) in [7, 11) is -3.68. The topological polar surface area (TPSA) is 122 Å². The number of carbonyl (C=O) groups is 2. The van der Waals surface area contributed by atoms with Crippen molar-refractivity contribution in [3.8, 4) is 0 Å². The van der Waals surface area contributed by atoms with Gasteiger partial charge in [-0.25, -0.2) is 13.1 Å². The van der Waals surface area contributed by atoms with Crippen molar-refractivity contribution < 1.29 is 18.0 Å². The van der Waals surface area contributed by atoms with E-state index in [-0.39, 0.29) is 42.2 Å². The quantitative estimate of drug-likeness (QED) is 0.611. The van der Waals surface area contributed by atoms with Crippen LogP contribution in [0.4, 0.5) is 5.69 Å². The van der Waals surface area contributed by atoms with Crippen molar-refractivity contribution in [2.24, 2.45) is 5.73 Å². The number of benzene rings is 1. The second-order valence-corrected chi connectivity index (χ2v) is 7.92. The predicted molar refractivity (Wildman–Crippen MR) is 106 cm³/mol. The highest BCUT2D eigenvalue weighted by molar-refractivity contribution is 7.89. The Kier molecular flexibility index (Phi) is 9.17. The largest absolute Gasteiger partial charge is 0.331 e. The lowest BCUT2D eigenvalue weighted by atomic mass is 10.0. The Hall–Kier alpha value is -1.68. The second kappa shape index (κ2) is 10.6. The molecule has 2 amide bonds. The summed E-state index contributed by atoms with van der Waals surface area (Å²) in [4.78, 5) is 26.4. The van der Waals surface area contributed by atoms with Gasteiger partial charge in [0, 0.05) is 31.7 Å². The molecule has 2 rings (SSSR count). The minimum Gasteiger partial charge on any atom is -0.331 e. The van der Waals surface area contributed by atoms with Crippen molar-refractivity contribution >= 4 is 39.9 Å². The molecule has 0 bridgehead atoms. The minimum absolute atomic E-state index is 0. The maximum Gasteiger partial charge on any atom is 0.247 e. The zero-order valence-corrected chi connectivity index (χ0v) is 16.9. The standard InChI is InChI=1S/C17H26N4O4S.ClH/c1-2-16(22)21-11-4-3-8-15(21)17(23)20-13-6-5-7-14(12-13)26(24,25)19-10-9-18;/h5-7,12,15,19H,2-4,8-11,18H2,1H3,(H,20,23);1H. The van der Waals surface area contributed by atoms with Crippen LogP contribution in [0.3, 0.4) is 0 Å². The number of carbonyl (C=O) groups excluding carboxylic acids is 2. The Morgan fingerprint density at radius 3 is 2.70 bits per heavy atom. The van der Waals surface area contributed by atoms with Gasteiger partial charge in [0.1, 0.15) is 6.04 Å². The van der Waals surface area contributed by atoms with E-state index in [1.807, 2.05) is 0 Å². The molecule has 0 saturated carbocycles. The molecule has 1 aliphatic rings. The first-order valence-corrected chi connectivity index (χ1v) is 10.3. The van der Waals surface area contributed by atoms with Gasteiger partial charge >= 0.3 is 0 Å². The van der Waals surface area contributed by atoms with Crippen molar-refractivity contribution in [1.82, 2.24) is 9.62 Å². The van der Waals surface area contributed by atoms with Gasteiger partial charge in [-0.3, -0.25) is 9.59 Å². The Morgan fingerprint density at radius 2 is 2.04 bits per heavy atom. The zero-order chi connectivity index (χ0) is 19.2. The van der Waals surface area contributed by atoms with Gasteiger partial charge in [0.05, 0.1) is 4.90 Å². The first-order chi connectivity index (χ1) is 12.4. The maximum atomic E-state index is 12.6. The van der Waals surface area contributed by atoms with Gasteiger partial charge in [-0.05, 0) is 37.5 Å². The van der Waals surface area contributed by atoms with E-state index in [0.29, 0.717) is 25.1 Å². The Labute approximate surface area is 166 Å². The van der Waals surface area contributed by atoms with Gasteiger partial charge in [-0.15, -0.1) is 12.4 Å². The van der Waals surface area contributed by atoms with E-state index >= 15 is 0 Å². The lowest BCUT2D eigenvalue weighted by molar-refractivity contribution is -0.140. The summed E-state index contributed by atoms with van der Waals surface area (Å²) in [5, 5.41) is 2.74. The van der Waals surface area contributed by atoms with Gasteiger partial charge in [0.2, 0.25) is 21.8 Å². The number of likely N-dealkylation sites (tertiary alicyclic amines) is 1. The van der Waals surface area contributed by atoms with Gasteiger partial charge in [0.15, 0.2) is 0 Å². The van der Waals surface area contributed by atoms with Crippen molar-refractivity contribution in [1.29, 1.82) is 0 Å². The Bertz CT molecular complexity index is 757. The molecule has 0 aliphatic carbocycles. The van der Waals surface area contributed by atoms with Crippen molar-refractivity contribution in [3.63, 3.8) is 0 Å². The lowest BCUT2D eigenvalue weighted by Gasteiger charge is -2.34. The first-order valence-electron chi connectivity index (χ1n) is 8.79. The first kappa shape index (κ1) is 23.4. The van der Waals surface area contributed by atoms with E-state index in [9.17, 15) is 18.0 Å². The van der Waals surface area contributed by atoms with E-state index in [4.69, 9.17) is 5.73 Å². The average Bonchev–Trinajstić information content (AvgIpc) is 2.66. The normalized spacial score (nSPS) is 17.1. The highest BCUT2D eigenvalue weighted by atomic mass is 35.5. The van der Waals surface area contributed by atoms with E-state index in [1.54, 1.807) is 24.0 Å². The van der Waals surface area contributed by atoms with Crippen LogP contribution in [0.15, 0.2) is 29.2 Å². The number of nitrogens with two attached hydrogens (primary N) is 1. The van der Waals surface area contributed by atoms with Crippen LogP contribution in [0.5, 0.6) is 0 Å². The number of piperidine rings is 1. The molecule has 1 fully saturated rings. The van der Waals surface area contributed by atoms with Crippen LogP contribution in [-0.2, 0) is 19.6 Å². The molecule has 1 unspecified atom stereocenters. The average molecular weight is 419 g/mol. The number of hydrogen-bond donors (Lipinski definition) is 3. The Balaban J connectivity index is 0.00000364. The highest BCUT2D eigenvalue weighted by Crippen LogP contribution is 2.21. The number of amides is 2. The van der Waals surface area contributed by atoms with Crippen LogP contribution in [0.2, 0.25) is 0 Å². The molecule has 1 aromatic carbocycles. The second-order valence-electron chi connectivity index (χ2n) is 6.16. The summed E-state index contributed by atoms with van der Waals surface area (Å²) in [5.74, 6) is -0.344. The predicted octanol–water partition coefficient (Wildman–Crippen LogP) is 1.08. The number of halogens is 1. The molecule has 1 saturated heterocycles. The van der Waals surface area contributed by atoms with E-state index in [1.165, 1.54) is 12.1 Å². The van der Waals surface area contributed by atoms with Crippen LogP contribution >= 0.6 is 12.4 Å². The third-order valence-corrected chi connectivity index (χ3v) is 5.74. The number of sulfonamides is 1. The molecule has 1 heterocycles. The maximum absolute atomic E-state index is 12.6. The zero-order valence-electron chi connectivity index (χ0n) is 15.3. The molecule has 1 atom stereocenters. The van der Waals surface area contributed by atoms with Gasteiger partial charge in [-0.2, -0.15) is 0 Å². The minimum atomic E-state index is -3.68. The summed E-state index contributed by atoms with van der Waals surface area (Å²) < 4.78 is 26.7. The van der Waals surface area contributed by atoms with Crippen molar-refractivity contribution in [2.45, 2.75) is 43.5 Å². The number of anilines is 1. The molecule has 27 heavy (non-hydrogen) atoms. The fourth-order valence-electron chi connectivity index (χ4n) is 2.95. The molecule has 8 nitrogen and oxygen atoms in total. The SMILES string of the molecule is CCC(=O)N1CCCCC1C(=O)Nc1cccc(S(=O)(=O)NCCN)c1.Cl. The van der Waals surface area contributed by atoms with Crippen LogP contribution in [0.1, 0.15) is 32.6 Å². The summed E-state index contributed by atoms with van der Waals surface area (Å²) in [6.45, 7) is 2.67. The van der Waals surface area contributed by atoms with Crippen molar-refractivity contribution in [3.05, 3.63) is 24.3 Å². The summed E-state index contributed by atoms with van der Waals surface area (Å²) in [6.07, 6.45) is 2.72. The Morgan fingerprint density at radius 1 is 1.30 bits per heavy atom. The number of nitrogens with zero attached hydrogens (tertiary/aromatic N) is 1. The van der Waals surface area contributed by atoms with Gasteiger partial charge < -0.3 is 16.0 Å². The lowest BCUT2D eigenvalue weighted by Crippen LogP contribution is -2.49. The summed E-state index contributed by atoms with van der Waals surface area (Å²) in [6, 6.07) is 5.50. The fraction of sp³-hybridized carbons (Fsp3) is 0.529. The molecular weight excluding hydrogens is 392 g/mol. The fourth-order valence-corrected chi connectivity index (χ4v) is 4.04.